The zero-order chi connectivity index (χ0) is 32.2. The Hall–Kier alpha value is -4.68. The monoisotopic (exact) mass is 743 g/mol. The van der Waals surface area contributed by atoms with E-state index in [1.54, 1.807) is 25.7 Å². The molecule has 4 aromatic carbocycles. The van der Waals surface area contributed by atoms with Crippen LogP contribution in [0.3, 0.4) is 0 Å². The van der Waals surface area contributed by atoms with Crippen LogP contribution in [0.25, 0.3) is 6.08 Å². The Kier molecular flexibility index (Phi) is 9.36. The summed E-state index contributed by atoms with van der Waals surface area (Å²) < 4.78 is 20.1. The van der Waals surface area contributed by atoms with Gasteiger partial charge in [0, 0.05) is 5.69 Å². The van der Waals surface area contributed by atoms with Gasteiger partial charge in [0.25, 0.3) is 11.5 Å². The van der Waals surface area contributed by atoms with E-state index in [1.807, 2.05) is 103 Å². The number of benzene rings is 4. The molecule has 2 heterocycles. The van der Waals surface area contributed by atoms with E-state index in [1.165, 1.54) is 11.3 Å². The first-order valence-corrected chi connectivity index (χ1v) is 16.3. The minimum atomic E-state index is -0.698. The zero-order valence-electron chi connectivity index (χ0n) is 25.3. The van der Waals surface area contributed by atoms with E-state index in [2.05, 4.69) is 27.9 Å². The molecule has 6 rings (SSSR count). The topological polar surface area (TPSA) is 91.2 Å². The Morgan fingerprint density at radius 1 is 0.978 bits per heavy atom. The number of carbonyl (C=O) groups excluding carboxylic acids is 1. The molecular formula is C36H30IN3O5S. The van der Waals surface area contributed by atoms with Crippen LogP contribution in [-0.4, -0.2) is 24.7 Å². The second-order valence-corrected chi connectivity index (χ2v) is 12.7. The summed E-state index contributed by atoms with van der Waals surface area (Å²) in [4.78, 5) is 33.2. The second-order valence-electron chi connectivity index (χ2n) is 10.5. The van der Waals surface area contributed by atoms with Crippen molar-refractivity contribution < 1.29 is 19.0 Å². The molecular weight excluding hydrogens is 713 g/mol. The smallest absolute Gasteiger partial charge is 0.271 e. The lowest BCUT2D eigenvalue weighted by atomic mass is 9.95. The molecule has 0 aliphatic carbocycles. The molecule has 1 N–H and O–H groups in total. The average Bonchev–Trinajstić information content (AvgIpc) is 3.37. The van der Waals surface area contributed by atoms with Crippen LogP contribution in [0, 0.1) is 3.57 Å². The van der Waals surface area contributed by atoms with Gasteiger partial charge < -0.3 is 19.5 Å². The Bertz CT molecular complexity index is 2110. The van der Waals surface area contributed by atoms with Crippen LogP contribution in [0.1, 0.15) is 29.7 Å². The van der Waals surface area contributed by atoms with Crippen molar-refractivity contribution in [3.05, 3.63) is 148 Å². The van der Waals surface area contributed by atoms with Gasteiger partial charge in [-0.15, -0.1) is 0 Å². The quantitative estimate of drug-likeness (QED) is 0.185. The summed E-state index contributed by atoms with van der Waals surface area (Å²) in [5, 5.41) is 2.98. The van der Waals surface area contributed by atoms with Crippen LogP contribution in [0.2, 0.25) is 0 Å². The molecule has 1 aliphatic rings. The van der Waals surface area contributed by atoms with Gasteiger partial charge in [-0.3, -0.25) is 14.2 Å². The van der Waals surface area contributed by atoms with Gasteiger partial charge in [-0.05, 0) is 88.7 Å². The summed E-state index contributed by atoms with van der Waals surface area (Å²) >= 11 is 3.50. The van der Waals surface area contributed by atoms with Gasteiger partial charge in [0.1, 0.15) is 12.4 Å². The lowest BCUT2D eigenvalue weighted by Crippen LogP contribution is -2.40. The van der Waals surface area contributed by atoms with Gasteiger partial charge in [-0.25, -0.2) is 4.99 Å². The molecule has 0 radical (unpaired) electrons. The molecule has 0 bridgehead atoms. The normalized spacial score (nSPS) is 14.3. The molecule has 1 amide bonds. The Morgan fingerprint density at radius 2 is 1.67 bits per heavy atom. The molecule has 0 fully saturated rings. The molecule has 1 atom stereocenters. The number of allylic oxidation sites excluding steroid dienone is 1. The van der Waals surface area contributed by atoms with E-state index in [0.29, 0.717) is 50.1 Å². The highest BCUT2D eigenvalue weighted by Crippen LogP contribution is 2.35. The van der Waals surface area contributed by atoms with Gasteiger partial charge in [-0.1, -0.05) is 72.0 Å². The number of aromatic nitrogens is 1. The van der Waals surface area contributed by atoms with Crippen molar-refractivity contribution in [3.8, 4) is 17.2 Å². The number of ether oxygens (including phenoxy) is 3. The van der Waals surface area contributed by atoms with Crippen molar-refractivity contribution in [2.45, 2.75) is 19.6 Å². The lowest BCUT2D eigenvalue weighted by molar-refractivity contribution is -0.113. The molecule has 5 aromatic rings. The summed E-state index contributed by atoms with van der Waals surface area (Å²) in [6, 6.07) is 29.6. The highest BCUT2D eigenvalue weighted by Gasteiger charge is 2.32. The van der Waals surface area contributed by atoms with Gasteiger partial charge in [-0.2, -0.15) is 0 Å². The van der Waals surface area contributed by atoms with E-state index in [4.69, 9.17) is 19.2 Å². The van der Waals surface area contributed by atoms with Crippen molar-refractivity contribution in [1.29, 1.82) is 0 Å². The molecule has 8 nitrogen and oxygen atoms in total. The van der Waals surface area contributed by atoms with Gasteiger partial charge >= 0.3 is 0 Å². The largest absolute Gasteiger partial charge is 0.497 e. The van der Waals surface area contributed by atoms with Crippen molar-refractivity contribution in [3.63, 3.8) is 0 Å². The number of rotatable bonds is 9. The summed E-state index contributed by atoms with van der Waals surface area (Å²) in [5.74, 6) is 1.54. The number of hydrogen-bond acceptors (Lipinski definition) is 7. The van der Waals surface area contributed by atoms with Crippen LogP contribution in [0.15, 0.2) is 118 Å². The van der Waals surface area contributed by atoms with Crippen LogP contribution >= 0.6 is 33.9 Å². The summed E-state index contributed by atoms with van der Waals surface area (Å²) in [7, 11) is 3.19. The third-order valence-electron chi connectivity index (χ3n) is 7.51. The molecule has 1 aromatic heterocycles. The maximum absolute atomic E-state index is 14.2. The highest BCUT2D eigenvalue weighted by atomic mass is 127. The number of carbonyl (C=O) groups is 1. The van der Waals surface area contributed by atoms with E-state index >= 15 is 0 Å². The predicted molar refractivity (Wildman–Crippen MR) is 188 cm³/mol. The number of thiazole rings is 1. The minimum Gasteiger partial charge on any atom is -0.497 e. The molecule has 0 saturated carbocycles. The number of fused-ring (bicyclic) bond motifs is 1. The Morgan fingerprint density at radius 3 is 2.35 bits per heavy atom. The standard InChI is InChI=1S/C36H30IN3O5S/c1-22-31(34(41)39-26-12-8-5-9-13-26)32(25-14-16-27(43-2)17-15-25)40-35(42)30(46-36(40)38-22)20-24-18-28(37)33(29(19-24)44-3)45-21-23-10-6-4-7-11-23/h4-20,32H,21H2,1-3H3,(H,39,41)/b30-20+/t32-/m0/s1. The fourth-order valence-corrected chi connectivity index (χ4v) is 7.11. The first-order valence-electron chi connectivity index (χ1n) is 14.4. The van der Waals surface area contributed by atoms with E-state index in [9.17, 15) is 9.59 Å². The number of amides is 1. The molecule has 0 unspecified atom stereocenters. The van der Waals surface area contributed by atoms with Gasteiger partial charge in [0.2, 0.25) is 0 Å². The van der Waals surface area contributed by atoms with Crippen molar-refractivity contribution in [2.75, 3.05) is 19.5 Å². The first kappa shape index (κ1) is 31.3. The SMILES string of the molecule is COc1ccc([C@H]2C(C(=O)Nc3ccccc3)=C(C)N=c3s/c(=C/c4cc(I)c(OCc5ccccc5)c(OC)c4)c(=O)n32)cc1. The van der Waals surface area contributed by atoms with Gasteiger partial charge in [0.05, 0.1) is 39.6 Å². The van der Waals surface area contributed by atoms with Crippen molar-refractivity contribution in [2.24, 2.45) is 4.99 Å². The average molecular weight is 744 g/mol. The van der Waals surface area contributed by atoms with E-state index in [0.717, 1.165) is 20.3 Å². The van der Waals surface area contributed by atoms with E-state index in [-0.39, 0.29) is 11.5 Å². The summed E-state index contributed by atoms with van der Waals surface area (Å²) in [5.41, 5.74) is 3.92. The van der Waals surface area contributed by atoms with Gasteiger partial charge in [0.15, 0.2) is 16.3 Å². The Balaban J connectivity index is 1.41. The maximum atomic E-state index is 14.2. The Labute approximate surface area is 283 Å². The predicted octanol–water partition coefficient (Wildman–Crippen LogP) is 6.07. The fourth-order valence-electron chi connectivity index (χ4n) is 5.28. The summed E-state index contributed by atoms with van der Waals surface area (Å²) in [6.45, 7) is 2.20. The molecule has 0 saturated heterocycles. The fraction of sp³-hybridized carbons (Fsp3) is 0.139. The van der Waals surface area contributed by atoms with Crippen molar-refractivity contribution >= 4 is 51.6 Å². The third kappa shape index (κ3) is 6.49. The third-order valence-corrected chi connectivity index (χ3v) is 9.29. The molecule has 0 spiro atoms. The molecule has 232 valence electrons. The number of nitrogens with zero attached hydrogens (tertiary/aromatic N) is 2. The molecule has 46 heavy (non-hydrogen) atoms. The van der Waals surface area contributed by atoms with E-state index < -0.39 is 6.04 Å². The second kappa shape index (κ2) is 13.8. The van der Waals surface area contributed by atoms with Crippen LogP contribution in [0.4, 0.5) is 5.69 Å². The number of anilines is 1. The maximum Gasteiger partial charge on any atom is 0.271 e. The zero-order valence-corrected chi connectivity index (χ0v) is 28.3. The van der Waals surface area contributed by atoms with Crippen LogP contribution in [0.5, 0.6) is 17.2 Å². The minimum absolute atomic E-state index is 0.250. The van der Waals surface area contributed by atoms with Crippen LogP contribution < -0.4 is 34.4 Å². The number of halogens is 1. The molecule has 1 aliphatic heterocycles. The van der Waals surface area contributed by atoms with Crippen molar-refractivity contribution in [1.82, 2.24) is 4.57 Å². The first-order chi connectivity index (χ1) is 22.4. The molecule has 10 heteroatoms. The lowest BCUT2D eigenvalue weighted by Gasteiger charge is -2.25. The highest BCUT2D eigenvalue weighted by molar-refractivity contribution is 14.1. The number of para-hydroxylation sites is 1. The number of nitrogens with one attached hydrogen (secondary N) is 1. The summed E-state index contributed by atoms with van der Waals surface area (Å²) in [6.07, 6.45) is 1.82. The number of hydrogen-bond donors (Lipinski definition) is 1. The van der Waals surface area contributed by atoms with Crippen LogP contribution in [-0.2, 0) is 11.4 Å². The number of methoxy groups -OCH3 is 2.